The number of hydrogen-bond donors (Lipinski definition) is 2. The van der Waals surface area contributed by atoms with Crippen molar-refractivity contribution in [2.24, 2.45) is 13.0 Å². The SMILES string of the molecule is Cc1ccc(-c2[nH]c3c(N4CCC(C(=O)NCCCN(C)C)CC4)cccc3[n+]2C)cc1. The van der Waals surface area contributed by atoms with E-state index in [4.69, 9.17) is 0 Å². The number of aryl methyl sites for hydroxylation is 2. The van der Waals surface area contributed by atoms with Gasteiger partial charge in [-0.2, -0.15) is 0 Å². The molecule has 1 aromatic heterocycles. The smallest absolute Gasteiger partial charge is 0.287 e. The number of hydrogen-bond acceptors (Lipinski definition) is 3. The number of benzene rings is 2. The van der Waals surface area contributed by atoms with Crippen LogP contribution in [0, 0.1) is 12.8 Å². The molecule has 6 nitrogen and oxygen atoms in total. The van der Waals surface area contributed by atoms with Crippen LogP contribution >= 0.6 is 0 Å². The van der Waals surface area contributed by atoms with Gasteiger partial charge in [-0.1, -0.05) is 23.8 Å². The van der Waals surface area contributed by atoms with Crippen LogP contribution in [0.15, 0.2) is 42.5 Å². The fraction of sp³-hybridized carbons (Fsp3) is 0.462. The van der Waals surface area contributed by atoms with Crippen molar-refractivity contribution in [1.29, 1.82) is 0 Å². The molecule has 3 aromatic rings. The number of nitrogens with one attached hydrogen (secondary N) is 2. The summed E-state index contributed by atoms with van der Waals surface area (Å²) in [5, 5.41) is 3.13. The van der Waals surface area contributed by atoms with E-state index in [0.29, 0.717) is 0 Å². The molecule has 4 rings (SSSR count). The van der Waals surface area contributed by atoms with Crippen molar-refractivity contribution >= 4 is 22.6 Å². The van der Waals surface area contributed by atoms with Crippen LogP contribution < -0.4 is 14.8 Å². The Morgan fingerprint density at radius 2 is 1.88 bits per heavy atom. The van der Waals surface area contributed by atoms with Crippen LogP contribution in [0.4, 0.5) is 5.69 Å². The zero-order valence-corrected chi connectivity index (χ0v) is 19.8. The third-order valence-electron chi connectivity index (χ3n) is 6.57. The minimum atomic E-state index is 0.118. The molecule has 0 atom stereocenters. The van der Waals surface area contributed by atoms with E-state index in [1.165, 1.54) is 22.3 Å². The molecule has 0 aliphatic carbocycles. The molecule has 6 heteroatoms. The van der Waals surface area contributed by atoms with E-state index < -0.39 is 0 Å². The minimum absolute atomic E-state index is 0.118. The monoisotopic (exact) mass is 434 g/mol. The Morgan fingerprint density at radius 3 is 2.56 bits per heavy atom. The Kier molecular flexibility index (Phi) is 6.80. The number of anilines is 1. The molecule has 0 unspecified atom stereocenters. The quantitative estimate of drug-likeness (QED) is 0.443. The summed E-state index contributed by atoms with van der Waals surface area (Å²) >= 11 is 0. The number of amides is 1. The Bertz CT molecular complexity index is 1060. The first-order chi connectivity index (χ1) is 15.4. The van der Waals surface area contributed by atoms with Crippen LogP contribution in [0.25, 0.3) is 22.4 Å². The molecule has 2 N–H and O–H groups in total. The van der Waals surface area contributed by atoms with Crippen LogP contribution in [0.5, 0.6) is 0 Å². The Hall–Kier alpha value is -2.86. The highest BCUT2D eigenvalue weighted by Gasteiger charge is 2.28. The van der Waals surface area contributed by atoms with Crippen LogP contribution in [-0.4, -0.2) is 56.1 Å². The van der Waals surface area contributed by atoms with E-state index in [9.17, 15) is 4.79 Å². The minimum Gasteiger partial charge on any atom is -0.368 e. The predicted molar refractivity (Wildman–Crippen MR) is 131 cm³/mol. The summed E-state index contributed by atoms with van der Waals surface area (Å²) in [6, 6.07) is 15.1. The highest BCUT2D eigenvalue weighted by molar-refractivity contribution is 5.88. The number of H-pyrrole nitrogens is 1. The number of para-hydroxylation sites is 1. The van der Waals surface area contributed by atoms with Gasteiger partial charge in [0, 0.05) is 25.6 Å². The first-order valence-electron chi connectivity index (χ1n) is 11.7. The van der Waals surface area contributed by atoms with Gasteiger partial charge in [-0.25, -0.2) is 9.55 Å². The molecule has 1 fully saturated rings. The molecule has 2 aromatic carbocycles. The van der Waals surface area contributed by atoms with E-state index in [-0.39, 0.29) is 11.8 Å². The lowest BCUT2D eigenvalue weighted by molar-refractivity contribution is -0.633. The van der Waals surface area contributed by atoms with Gasteiger partial charge in [0.25, 0.3) is 5.82 Å². The fourth-order valence-corrected chi connectivity index (χ4v) is 4.63. The van der Waals surface area contributed by atoms with Gasteiger partial charge in [0.05, 0.1) is 18.3 Å². The van der Waals surface area contributed by atoms with Crippen molar-refractivity contribution in [2.45, 2.75) is 26.2 Å². The first kappa shape index (κ1) is 22.3. The molecular weight excluding hydrogens is 398 g/mol. The number of imidazole rings is 1. The maximum atomic E-state index is 12.6. The van der Waals surface area contributed by atoms with E-state index >= 15 is 0 Å². The number of carbonyl (C=O) groups excluding carboxylic acids is 1. The molecule has 1 amide bonds. The summed E-state index contributed by atoms with van der Waals surface area (Å²) in [4.78, 5) is 20.8. The van der Waals surface area contributed by atoms with E-state index in [0.717, 1.165) is 56.8 Å². The number of aromatic nitrogens is 2. The zero-order chi connectivity index (χ0) is 22.7. The van der Waals surface area contributed by atoms with Gasteiger partial charge >= 0.3 is 0 Å². The second-order valence-corrected chi connectivity index (χ2v) is 9.28. The van der Waals surface area contributed by atoms with Gasteiger partial charge in [0.1, 0.15) is 0 Å². The highest BCUT2D eigenvalue weighted by atomic mass is 16.1. The number of carbonyl (C=O) groups is 1. The largest absolute Gasteiger partial charge is 0.368 e. The standard InChI is InChI=1S/C26H35N5O/c1-19-9-11-20(12-10-19)25-28-24-22(30(25)4)7-5-8-23(24)31-17-13-21(14-18-31)26(32)27-15-6-16-29(2)3/h5,7-12,21H,6,13-18H2,1-4H3,(H,27,32)/p+1. The van der Waals surface area contributed by atoms with E-state index in [1.807, 2.05) is 0 Å². The second kappa shape index (κ2) is 9.74. The summed E-state index contributed by atoms with van der Waals surface area (Å²) in [5.74, 6) is 1.45. The van der Waals surface area contributed by atoms with Crippen LogP contribution in [0.2, 0.25) is 0 Å². The maximum absolute atomic E-state index is 12.6. The third kappa shape index (κ3) is 4.80. The average Bonchev–Trinajstić information content (AvgIpc) is 3.14. The summed E-state index contributed by atoms with van der Waals surface area (Å²) in [7, 11) is 6.24. The maximum Gasteiger partial charge on any atom is 0.287 e. The molecule has 0 spiro atoms. The van der Waals surface area contributed by atoms with Gasteiger partial charge in [-0.3, -0.25) is 4.79 Å². The lowest BCUT2D eigenvalue weighted by atomic mass is 9.95. The van der Waals surface area contributed by atoms with Crippen molar-refractivity contribution in [3.05, 3.63) is 48.0 Å². The molecule has 32 heavy (non-hydrogen) atoms. The number of rotatable bonds is 7. The molecule has 0 radical (unpaired) electrons. The Labute approximate surface area is 191 Å². The van der Waals surface area contributed by atoms with Crippen molar-refractivity contribution in [3.8, 4) is 11.4 Å². The van der Waals surface area contributed by atoms with Gasteiger partial charge in [-0.15, -0.1) is 0 Å². The third-order valence-corrected chi connectivity index (χ3v) is 6.57. The lowest BCUT2D eigenvalue weighted by Gasteiger charge is -2.32. The molecule has 1 aliphatic heterocycles. The summed E-state index contributed by atoms with van der Waals surface area (Å²) in [6.45, 7) is 5.67. The molecule has 0 bridgehead atoms. The Balaban J connectivity index is 1.45. The molecular formula is C26H36N5O+. The average molecular weight is 435 g/mol. The van der Waals surface area contributed by atoms with Gasteiger partial charge in [-0.05, 0) is 71.1 Å². The number of nitrogens with zero attached hydrogens (tertiary/aromatic N) is 3. The number of aromatic amines is 1. The van der Waals surface area contributed by atoms with E-state index in [2.05, 4.69) is 95.2 Å². The normalized spacial score (nSPS) is 15.0. The topological polar surface area (TPSA) is 55.3 Å². The van der Waals surface area contributed by atoms with Crippen LogP contribution in [-0.2, 0) is 11.8 Å². The molecule has 0 saturated carbocycles. The molecule has 1 aliphatic rings. The zero-order valence-electron chi connectivity index (χ0n) is 19.8. The van der Waals surface area contributed by atoms with Gasteiger partial charge < -0.3 is 15.1 Å². The van der Waals surface area contributed by atoms with Crippen LogP contribution in [0.3, 0.4) is 0 Å². The number of piperidine rings is 1. The first-order valence-corrected chi connectivity index (χ1v) is 11.7. The predicted octanol–water partition coefficient (Wildman–Crippen LogP) is 3.25. The van der Waals surface area contributed by atoms with Crippen molar-refractivity contribution < 1.29 is 9.36 Å². The summed E-state index contributed by atoms with van der Waals surface area (Å²) < 4.78 is 2.23. The Morgan fingerprint density at radius 1 is 1.16 bits per heavy atom. The molecule has 1 saturated heterocycles. The fourth-order valence-electron chi connectivity index (χ4n) is 4.63. The van der Waals surface area contributed by atoms with Crippen LogP contribution in [0.1, 0.15) is 24.8 Å². The van der Waals surface area contributed by atoms with Crippen molar-refractivity contribution in [3.63, 3.8) is 0 Å². The number of fused-ring (bicyclic) bond motifs is 1. The molecule has 2 heterocycles. The van der Waals surface area contributed by atoms with Gasteiger partial charge in [0.2, 0.25) is 5.91 Å². The van der Waals surface area contributed by atoms with Gasteiger partial charge in [0.15, 0.2) is 11.0 Å². The summed E-state index contributed by atoms with van der Waals surface area (Å²) in [6.07, 6.45) is 2.79. The van der Waals surface area contributed by atoms with Crippen molar-refractivity contribution in [1.82, 2.24) is 15.2 Å². The lowest BCUT2D eigenvalue weighted by Crippen LogP contribution is -2.41. The highest BCUT2D eigenvalue weighted by Crippen LogP contribution is 2.30. The van der Waals surface area contributed by atoms with E-state index in [1.54, 1.807) is 0 Å². The molecule has 170 valence electrons. The summed E-state index contributed by atoms with van der Waals surface area (Å²) in [5.41, 5.74) is 6.03. The van der Waals surface area contributed by atoms with Crippen molar-refractivity contribution in [2.75, 3.05) is 45.2 Å². The second-order valence-electron chi connectivity index (χ2n) is 9.28.